The van der Waals surface area contributed by atoms with Crippen LogP contribution in [0.25, 0.3) is 0 Å². The molecule has 1 amide bonds. The molecule has 2 rings (SSSR count). The molecule has 21 heavy (non-hydrogen) atoms. The lowest BCUT2D eigenvalue weighted by molar-refractivity contribution is -0.132. The van der Waals surface area contributed by atoms with Gasteiger partial charge in [0.1, 0.15) is 5.75 Å². The van der Waals surface area contributed by atoms with Gasteiger partial charge >= 0.3 is 0 Å². The van der Waals surface area contributed by atoms with E-state index in [1.54, 1.807) is 29.2 Å². The molecule has 1 aliphatic rings. The van der Waals surface area contributed by atoms with Crippen LogP contribution in [-0.4, -0.2) is 56.0 Å². The summed E-state index contributed by atoms with van der Waals surface area (Å²) in [6, 6.07) is 8.82. The molecule has 0 aromatic heterocycles. The molecule has 0 radical (unpaired) electrons. The van der Waals surface area contributed by atoms with E-state index in [9.17, 15) is 4.79 Å². The van der Waals surface area contributed by atoms with Gasteiger partial charge < -0.3 is 14.5 Å². The summed E-state index contributed by atoms with van der Waals surface area (Å²) in [5.74, 6) is 1.14. The number of hydrogen-bond acceptors (Lipinski definition) is 4. The zero-order valence-corrected chi connectivity index (χ0v) is 12.6. The summed E-state index contributed by atoms with van der Waals surface area (Å²) in [6.45, 7) is 2.97. The van der Waals surface area contributed by atoms with Gasteiger partial charge in [0.25, 0.3) is 5.91 Å². The number of likely N-dealkylation sites (tertiary alicyclic amines) is 1. The summed E-state index contributed by atoms with van der Waals surface area (Å²) in [7, 11) is 3.93. The monoisotopic (exact) mass is 287 g/mol. The van der Waals surface area contributed by atoms with Crippen molar-refractivity contribution in [3.8, 4) is 11.8 Å². The molecular formula is C16H21N3O2. The largest absolute Gasteiger partial charge is 0.484 e. The van der Waals surface area contributed by atoms with Crippen LogP contribution in [0.2, 0.25) is 0 Å². The maximum absolute atomic E-state index is 12.0. The lowest BCUT2D eigenvalue weighted by Gasteiger charge is -2.21. The minimum Gasteiger partial charge on any atom is -0.484 e. The van der Waals surface area contributed by atoms with Crippen LogP contribution in [-0.2, 0) is 4.79 Å². The number of nitriles is 1. The predicted octanol–water partition coefficient (Wildman–Crippen LogP) is 1.35. The lowest BCUT2D eigenvalue weighted by atomic mass is 10.1. The van der Waals surface area contributed by atoms with Crippen molar-refractivity contribution in [3.05, 3.63) is 29.8 Å². The molecule has 0 spiro atoms. The van der Waals surface area contributed by atoms with E-state index in [0.717, 1.165) is 26.1 Å². The van der Waals surface area contributed by atoms with Crippen molar-refractivity contribution in [3.63, 3.8) is 0 Å². The number of amides is 1. The second-order valence-corrected chi connectivity index (χ2v) is 5.62. The van der Waals surface area contributed by atoms with E-state index in [-0.39, 0.29) is 12.5 Å². The SMILES string of the molecule is CN1CCC(CN(C)C(=O)COc2ccc(C#N)cc2)C1. The molecule has 112 valence electrons. The molecule has 1 unspecified atom stereocenters. The zero-order chi connectivity index (χ0) is 15.2. The number of hydrogen-bond donors (Lipinski definition) is 0. The Balaban J connectivity index is 1.76. The molecule has 0 aliphatic carbocycles. The standard InChI is InChI=1S/C16H21N3O2/c1-18-8-7-14(10-18)11-19(2)16(20)12-21-15-5-3-13(9-17)4-6-15/h3-6,14H,7-8,10-12H2,1-2H3. The Morgan fingerprint density at radius 1 is 1.48 bits per heavy atom. The van der Waals surface area contributed by atoms with Gasteiger partial charge in [-0.05, 0) is 50.2 Å². The predicted molar refractivity (Wildman–Crippen MR) is 79.9 cm³/mol. The summed E-state index contributed by atoms with van der Waals surface area (Å²) in [5.41, 5.74) is 0.580. The number of nitrogens with zero attached hydrogens (tertiary/aromatic N) is 3. The van der Waals surface area contributed by atoms with Crippen LogP contribution in [0.5, 0.6) is 5.75 Å². The van der Waals surface area contributed by atoms with E-state index in [1.807, 2.05) is 13.1 Å². The van der Waals surface area contributed by atoms with E-state index < -0.39 is 0 Å². The van der Waals surface area contributed by atoms with Crippen molar-refractivity contribution >= 4 is 5.91 Å². The lowest BCUT2D eigenvalue weighted by Crippen LogP contribution is -2.35. The van der Waals surface area contributed by atoms with E-state index in [1.165, 1.54) is 0 Å². The van der Waals surface area contributed by atoms with Gasteiger partial charge in [-0.2, -0.15) is 5.26 Å². The molecule has 1 fully saturated rings. The number of likely N-dealkylation sites (N-methyl/N-ethyl adjacent to an activating group) is 1. The summed E-state index contributed by atoms with van der Waals surface area (Å²) in [6.07, 6.45) is 1.14. The number of rotatable bonds is 5. The first-order valence-corrected chi connectivity index (χ1v) is 7.14. The summed E-state index contributed by atoms with van der Waals surface area (Å²) in [5, 5.41) is 8.72. The Kier molecular flexibility index (Phi) is 5.18. The fraction of sp³-hybridized carbons (Fsp3) is 0.500. The Labute approximate surface area is 125 Å². The fourth-order valence-electron chi connectivity index (χ4n) is 2.55. The molecule has 0 bridgehead atoms. The second-order valence-electron chi connectivity index (χ2n) is 5.62. The quantitative estimate of drug-likeness (QED) is 0.820. The van der Waals surface area contributed by atoms with Gasteiger partial charge in [0.2, 0.25) is 0 Å². The van der Waals surface area contributed by atoms with E-state index in [2.05, 4.69) is 11.9 Å². The average molecular weight is 287 g/mol. The molecule has 1 heterocycles. The number of ether oxygens (including phenoxy) is 1. The summed E-state index contributed by atoms with van der Waals surface area (Å²) < 4.78 is 5.46. The molecule has 0 saturated carbocycles. The smallest absolute Gasteiger partial charge is 0.260 e. The van der Waals surface area contributed by atoms with Crippen LogP contribution >= 0.6 is 0 Å². The Hall–Kier alpha value is -2.06. The molecule has 1 aromatic rings. The van der Waals surface area contributed by atoms with Crippen LogP contribution in [0, 0.1) is 17.2 Å². The average Bonchev–Trinajstić information content (AvgIpc) is 2.90. The maximum Gasteiger partial charge on any atom is 0.260 e. The number of carbonyl (C=O) groups is 1. The molecule has 5 heteroatoms. The molecule has 1 atom stereocenters. The van der Waals surface area contributed by atoms with Gasteiger partial charge in [-0.3, -0.25) is 4.79 Å². The molecule has 1 saturated heterocycles. The van der Waals surface area contributed by atoms with Gasteiger partial charge in [0, 0.05) is 20.1 Å². The fourth-order valence-corrected chi connectivity index (χ4v) is 2.55. The van der Waals surface area contributed by atoms with Crippen LogP contribution in [0.15, 0.2) is 24.3 Å². The Morgan fingerprint density at radius 2 is 2.19 bits per heavy atom. The third kappa shape index (κ3) is 4.47. The van der Waals surface area contributed by atoms with Crippen molar-refractivity contribution in [1.82, 2.24) is 9.80 Å². The molecule has 5 nitrogen and oxygen atoms in total. The highest BCUT2D eigenvalue weighted by Gasteiger charge is 2.22. The van der Waals surface area contributed by atoms with Crippen molar-refractivity contribution in [1.29, 1.82) is 5.26 Å². The van der Waals surface area contributed by atoms with Crippen LogP contribution in [0.1, 0.15) is 12.0 Å². The molecule has 1 aromatic carbocycles. The van der Waals surface area contributed by atoms with Gasteiger partial charge in [-0.1, -0.05) is 0 Å². The third-order valence-electron chi connectivity index (χ3n) is 3.79. The van der Waals surface area contributed by atoms with Crippen molar-refractivity contribution in [2.45, 2.75) is 6.42 Å². The number of benzene rings is 1. The molecular weight excluding hydrogens is 266 g/mol. The highest BCUT2D eigenvalue weighted by atomic mass is 16.5. The second kappa shape index (κ2) is 7.09. The van der Waals surface area contributed by atoms with E-state index >= 15 is 0 Å². The van der Waals surface area contributed by atoms with Crippen LogP contribution < -0.4 is 4.74 Å². The minimum atomic E-state index is -0.0195. The summed E-state index contributed by atoms with van der Waals surface area (Å²) in [4.78, 5) is 16.1. The van der Waals surface area contributed by atoms with Gasteiger partial charge in [0.15, 0.2) is 6.61 Å². The third-order valence-corrected chi connectivity index (χ3v) is 3.79. The first-order chi connectivity index (χ1) is 10.1. The zero-order valence-electron chi connectivity index (χ0n) is 12.6. The van der Waals surface area contributed by atoms with Gasteiger partial charge in [-0.25, -0.2) is 0 Å². The Morgan fingerprint density at radius 3 is 2.76 bits per heavy atom. The van der Waals surface area contributed by atoms with Gasteiger partial charge in [-0.15, -0.1) is 0 Å². The van der Waals surface area contributed by atoms with Gasteiger partial charge in [0.05, 0.1) is 11.6 Å². The minimum absolute atomic E-state index is 0.0195. The maximum atomic E-state index is 12.0. The highest BCUT2D eigenvalue weighted by molar-refractivity contribution is 5.77. The first kappa shape index (κ1) is 15.3. The molecule has 1 aliphatic heterocycles. The van der Waals surface area contributed by atoms with Crippen molar-refractivity contribution in [2.24, 2.45) is 5.92 Å². The van der Waals surface area contributed by atoms with E-state index in [0.29, 0.717) is 17.2 Å². The molecule has 0 N–H and O–H groups in total. The number of carbonyl (C=O) groups excluding carboxylic acids is 1. The van der Waals surface area contributed by atoms with Crippen molar-refractivity contribution in [2.75, 3.05) is 40.3 Å². The van der Waals surface area contributed by atoms with Crippen molar-refractivity contribution < 1.29 is 9.53 Å². The first-order valence-electron chi connectivity index (χ1n) is 7.14. The Bertz CT molecular complexity index is 521. The topological polar surface area (TPSA) is 56.6 Å². The summed E-state index contributed by atoms with van der Waals surface area (Å²) >= 11 is 0. The normalized spacial score (nSPS) is 18.2. The van der Waals surface area contributed by atoms with Crippen LogP contribution in [0.3, 0.4) is 0 Å². The van der Waals surface area contributed by atoms with Crippen LogP contribution in [0.4, 0.5) is 0 Å². The highest BCUT2D eigenvalue weighted by Crippen LogP contribution is 2.15. The van der Waals surface area contributed by atoms with E-state index in [4.69, 9.17) is 10.00 Å².